The third-order valence-corrected chi connectivity index (χ3v) is 13.1. The largest absolute Gasteiger partial charge is 0.309 e. The van der Waals surface area contributed by atoms with Crippen molar-refractivity contribution in [3.63, 3.8) is 0 Å². The van der Waals surface area contributed by atoms with Gasteiger partial charge in [-0.05, 0) is 102 Å². The van der Waals surface area contributed by atoms with Gasteiger partial charge in [0.1, 0.15) is 0 Å². The highest BCUT2D eigenvalue weighted by atomic mass is 15.0. The summed E-state index contributed by atoms with van der Waals surface area (Å²) in [5, 5.41) is 25.2. The summed E-state index contributed by atoms with van der Waals surface area (Å²) in [5.74, 6) is 0. The summed E-state index contributed by atoms with van der Waals surface area (Å²) < 4.78 is 2.28. The van der Waals surface area contributed by atoms with Crippen LogP contribution in [-0.4, -0.2) is 9.55 Å². The molecule has 2 aromatic heterocycles. The van der Waals surface area contributed by atoms with Gasteiger partial charge in [0.15, 0.2) is 0 Å². The van der Waals surface area contributed by atoms with Crippen molar-refractivity contribution in [2.24, 2.45) is 0 Å². The van der Waals surface area contributed by atoms with E-state index in [0.29, 0.717) is 5.56 Å². The Morgan fingerprint density at radius 3 is 1.70 bits per heavy atom. The van der Waals surface area contributed by atoms with Crippen LogP contribution in [0.25, 0.3) is 126 Å². The van der Waals surface area contributed by atoms with Gasteiger partial charge in [0.05, 0.1) is 33.9 Å². The quantitative estimate of drug-likeness (QED) is 0.131. The molecule has 0 radical (unpaired) electrons. The zero-order valence-electron chi connectivity index (χ0n) is 34.0. The zero-order chi connectivity index (χ0) is 41.6. The summed E-state index contributed by atoms with van der Waals surface area (Å²) in [5.41, 5.74) is 11.7. The molecule has 0 bridgehead atoms. The van der Waals surface area contributed by atoms with E-state index in [1.54, 1.807) is 0 Å². The fourth-order valence-electron chi connectivity index (χ4n) is 10.5. The van der Waals surface area contributed by atoms with Crippen LogP contribution >= 0.6 is 0 Å². The molecule has 0 aliphatic carbocycles. The van der Waals surface area contributed by atoms with Crippen LogP contribution in [0.15, 0.2) is 212 Å². The van der Waals surface area contributed by atoms with Crippen LogP contribution in [0.1, 0.15) is 5.56 Å². The van der Waals surface area contributed by atoms with E-state index in [2.05, 4.69) is 205 Å². The predicted octanol–water partition coefficient (Wildman–Crippen LogP) is 16.0. The molecule has 0 N–H and O–H groups in total. The van der Waals surface area contributed by atoms with Crippen LogP contribution in [-0.2, 0) is 0 Å². The number of para-hydroxylation sites is 1. The molecule has 0 saturated carbocycles. The maximum Gasteiger partial charge on any atom is 0.0992 e. The third kappa shape index (κ3) is 5.22. The molecule has 0 saturated heterocycles. The van der Waals surface area contributed by atoms with E-state index in [4.69, 9.17) is 4.98 Å². The van der Waals surface area contributed by atoms with E-state index in [9.17, 15) is 5.26 Å². The lowest BCUT2D eigenvalue weighted by Crippen LogP contribution is -1.95. The normalized spacial score (nSPS) is 11.8. The third-order valence-electron chi connectivity index (χ3n) is 13.1. The molecule has 2 heterocycles. The van der Waals surface area contributed by atoms with Gasteiger partial charge in [0.25, 0.3) is 0 Å². The molecule has 3 nitrogen and oxygen atoms in total. The molecular weight excluding hydrogens is 763 g/mol. The summed E-state index contributed by atoms with van der Waals surface area (Å²) in [4.78, 5) is 5.58. The summed E-state index contributed by atoms with van der Waals surface area (Å²) in [6.45, 7) is 0. The number of hydrogen-bond acceptors (Lipinski definition) is 2. The highest BCUT2D eigenvalue weighted by Crippen LogP contribution is 2.49. The van der Waals surface area contributed by atoms with Crippen LogP contribution in [0.2, 0.25) is 0 Å². The van der Waals surface area contributed by atoms with Crippen molar-refractivity contribution in [1.82, 2.24) is 9.55 Å². The van der Waals surface area contributed by atoms with E-state index >= 15 is 0 Å². The topological polar surface area (TPSA) is 41.6 Å². The number of hydrogen-bond donors (Lipinski definition) is 0. The second kappa shape index (κ2) is 13.7. The average Bonchev–Trinajstić information content (AvgIpc) is 3.68. The first-order valence-electron chi connectivity index (χ1n) is 21.4. The second-order valence-electron chi connectivity index (χ2n) is 16.5. The number of nitriles is 1. The lowest BCUT2D eigenvalue weighted by molar-refractivity contribution is 1.18. The van der Waals surface area contributed by atoms with Crippen molar-refractivity contribution in [3.8, 4) is 45.3 Å². The van der Waals surface area contributed by atoms with Crippen LogP contribution in [0, 0.1) is 11.3 Å². The molecule has 0 spiro atoms. The highest BCUT2D eigenvalue weighted by Gasteiger charge is 2.23. The van der Waals surface area contributed by atoms with Gasteiger partial charge in [-0.1, -0.05) is 170 Å². The summed E-state index contributed by atoms with van der Waals surface area (Å²) in [6.07, 6.45) is 0. The number of benzene rings is 11. The van der Waals surface area contributed by atoms with E-state index in [1.807, 2.05) is 18.2 Å². The van der Waals surface area contributed by atoms with Gasteiger partial charge in [-0.2, -0.15) is 5.26 Å². The molecule has 0 atom stereocenters. The van der Waals surface area contributed by atoms with Crippen molar-refractivity contribution < 1.29 is 0 Å². The summed E-state index contributed by atoms with van der Waals surface area (Å²) >= 11 is 0. The average molecular weight is 798 g/mol. The Labute approximate surface area is 363 Å². The minimum absolute atomic E-state index is 0.643. The lowest BCUT2D eigenvalue weighted by Gasteiger charge is -2.21. The Balaban J connectivity index is 1.13. The molecule has 63 heavy (non-hydrogen) atoms. The Hall–Kier alpha value is -8.58. The Morgan fingerprint density at radius 1 is 0.381 bits per heavy atom. The Morgan fingerprint density at radius 2 is 0.984 bits per heavy atom. The van der Waals surface area contributed by atoms with Gasteiger partial charge in [-0.25, -0.2) is 4.98 Å². The maximum atomic E-state index is 9.92. The Bertz CT molecular complexity index is 4020. The first-order valence-corrected chi connectivity index (χ1v) is 21.4. The fourth-order valence-corrected chi connectivity index (χ4v) is 10.5. The number of nitrogens with zero attached hydrogens (tertiary/aromatic N) is 3. The SMILES string of the molecule is N#Cc1ccc2c3cc(-c4c5ccccc5c(-c5cc6c(-c7ccccc7)nc7c8ccccc8ccc7c6c6ccccc56)c5ccccc45)ccc3n(-c3ccccc3)c2c1. The van der Waals surface area contributed by atoms with Gasteiger partial charge >= 0.3 is 0 Å². The van der Waals surface area contributed by atoms with Crippen molar-refractivity contribution >= 4 is 86.6 Å². The molecule has 11 aromatic carbocycles. The minimum Gasteiger partial charge on any atom is -0.309 e. The van der Waals surface area contributed by atoms with Crippen molar-refractivity contribution in [3.05, 3.63) is 218 Å². The summed E-state index contributed by atoms with van der Waals surface area (Å²) in [7, 11) is 0. The highest BCUT2D eigenvalue weighted by molar-refractivity contribution is 6.31. The molecule has 13 aromatic rings. The molecule has 290 valence electrons. The molecule has 0 unspecified atom stereocenters. The van der Waals surface area contributed by atoms with E-state index < -0.39 is 0 Å². The van der Waals surface area contributed by atoms with Crippen LogP contribution in [0.5, 0.6) is 0 Å². The molecule has 3 heteroatoms. The molecule has 0 aliphatic heterocycles. The fraction of sp³-hybridized carbons (Fsp3) is 0. The monoisotopic (exact) mass is 797 g/mol. The number of rotatable bonds is 4. The number of aromatic nitrogens is 2. The van der Waals surface area contributed by atoms with Crippen LogP contribution < -0.4 is 0 Å². The van der Waals surface area contributed by atoms with Gasteiger partial charge in [0, 0.05) is 43.6 Å². The predicted molar refractivity (Wildman–Crippen MR) is 265 cm³/mol. The van der Waals surface area contributed by atoms with E-state index in [0.717, 1.165) is 66.0 Å². The summed E-state index contributed by atoms with van der Waals surface area (Å²) in [6, 6.07) is 78.7. The number of pyridine rings is 1. The van der Waals surface area contributed by atoms with Gasteiger partial charge in [0.2, 0.25) is 0 Å². The molecule has 0 fully saturated rings. The molecule has 13 rings (SSSR count). The van der Waals surface area contributed by atoms with Crippen molar-refractivity contribution in [2.45, 2.75) is 0 Å². The lowest BCUT2D eigenvalue weighted by atomic mass is 9.83. The van der Waals surface area contributed by atoms with Gasteiger partial charge in [-0.3, -0.25) is 0 Å². The van der Waals surface area contributed by atoms with E-state index in [1.165, 1.54) is 59.8 Å². The Kier molecular flexibility index (Phi) is 7.67. The zero-order valence-corrected chi connectivity index (χ0v) is 34.0. The maximum absolute atomic E-state index is 9.92. The van der Waals surface area contributed by atoms with Crippen LogP contribution in [0.4, 0.5) is 0 Å². The molecule has 0 aliphatic rings. The number of fused-ring (bicyclic) bond motifs is 12. The first-order chi connectivity index (χ1) is 31.2. The van der Waals surface area contributed by atoms with Gasteiger partial charge < -0.3 is 4.57 Å². The second-order valence-corrected chi connectivity index (χ2v) is 16.5. The standard InChI is InChI=1S/C60H35N3/c61-36-37-27-30-44-51-34-40(29-32-54(51)63(55(44)33-37)41-18-5-2-6-19-41)56-46-23-11-13-25-48(46)57(49-26-14-12-24-47(49)56)52-35-53-58(45-22-10-9-21-43(45)52)50-31-28-38-15-7-8-20-42(38)60(50)62-59(53)39-16-3-1-4-17-39/h1-35H. The van der Waals surface area contributed by atoms with Crippen molar-refractivity contribution in [1.29, 1.82) is 5.26 Å². The smallest absolute Gasteiger partial charge is 0.0992 e. The molecule has 0 amide bonds. The minimum atomic E-state index is 0.643. The first kappa shape index (κ1) is 35.2. The van der Waals surface area contributed by atoms with Gasteiger partial charge in [-0.15, -0.1) is 0 Å². The van der Waals surface area contributed by atoms with Crippen molar-refractivity contribution in [2.75, 3.05) is 0 Å². The van der Waals surface area contributed by atoms with E-state index in [-0.39, 0.29) is 0 Å². The molecular formula is C60H35N3. The van der Waals surface area contributed by atoms with Crippen LogP contribution in [0.3, 0.4) is 0 Å².